The predicted octanol–water partition coefficient (Wildman–Crippen LogP) is 2.11. The second kappa shape index (κ2) is 9.89. The van der Waals surface area contributed by atoms with Crippen LogP contribution in [0.25, 0.3) is 0 Å². The first-order valence-corrected chi connectivity index (χ1v) is 9.79. The van der Waals surface area contributed by atoms with Crippen LogP contribution in [0.5, 0.6) is 0 Å². The zero-order valence-corrected chi connectivity index (χ0v) is 14.6. The van der Waals surface area contributed by atoms with Gasteiger partial charge in [0.1, 0.15) is 0 Å². The Balaban J connectivity index is 2.50. The molecule has 0 aromatic carbocycles. The third kappa shape index (κ3) is 5.64. The van der Waals surface area contributed by atoms with Crippen molar-refractivity contribution in [1.29, 1.82) is 0 Å². The van der Waals surface area contributed by atoms with Gasteiger partial charge in [-0.15, -0.1) is 0 Å². The van der Waals surface area contributed by atoms with Crippen LogP contribution < -0.4 is 0 Å². The Morgan fingerprint density at radius 2 is 1.86 bits per heavy atom. The van der Waals surface area contributed by atoms with Crippen molar-refractivity contribution < 1.29 is 27.6 Å². The van der Waals surface area contributed by atoms with Crippen molar-refractivity contribution in [2.75, 3.05) is 26.4 Å². The Hall–Kier alpha value is -1.02. The van der Waals surface area contributed by atoms with Gasteiger partial charge in [0.25, 0.3) is 5.78 Å². The largest absolute Gasteiger partial charge is 0.500 e. The van der Waals surface area contributed by atoms with Crippen LogP contribution in [0.1, 0.15) is 33.6 Å². The molecule has 22 heavy (non-hydrogen) atoms. The average Bonchev–Trinajstić information content (AvgIpc) is 2.96. The molecule has 0 bridgehead atoms. The Bertz CT molecular complexity index is 378. The first-order chi connectivity index (χ1) is 10.6. The van der Waals surface area contributed by atoms with Crippen molar-refractivity contribution in [2.24, 2.45) is 5.92 Å². The molecule has 0 aliphatic carbocycles. The number of hydrogen-bond donors (Lipinski definition) is 0. The van der Waals surface area contributed by atoms with Gasteiger partial charge in [0.2, 0.25) is 0 Å². The summed E-state index contributed by atoms with van der Waals surface area (Å²) < 4.78 is 22.6. The molecule has 0 amide bonds. The highest BCUT2D eigenvalue weighted by Crippen LogP contribution is 2.25. The van der Waals surface area contributed by atoms with Crippen LogP contribution in [0.3, 0.4) is 0 Å². The number of allylic oxidation sites excluding steroid dienone is 1. The fourth-order valence-electron chi connectivity index (χ4n) is 2.47. The molecule has 6 nitrogen and oxygen atoms in total. The van der Waals surface area contributed by atoms with Gasteiger partial charge in [-0.2, -0.15) is 0 Å². The first kappa shape index (κ1) is 19.0. The van der Waals surface area contributed by atoms with Crippen molar-refractivity contribution in [2.45, 2.75) is 39.7 Å². The Morgan fingerprint density at radius 1 is 1.27 bits per heavy atom. The van der Waals surface area contributed by atoms with E-state index in [1.807, 2.05) is 20.8 Å². The van der Waals surface area contributed by atoms with E-state index in [4.69, 9.17) is 18.0 Å². The van der Waals surface area contributed by atoms with Gasteiger partial charge in [-0.05, 0) is 39.7 Å². The van der Waals surface area contributed by atoms with Crippen molar-refractivity contribution in [3.05, 3.63) is 11.8 Å². The summed E-state index contributed by atoms with van der Waals surface area (Å²) in [6.45, 7) is 7.95. The van der Waals surface area contributed by atoms with Crippen LogP contribution >= 0.6 is 0 Å². The minimum atomic E-state index is -2.60. The number of rotatable bonds is 12. The Morgan fingerprint density at radius 3 is 2.36 bits per heavy atom. The first-order valence-electron chi connectivity index (χ1n) is 7.86. The molecule has 1 heterocycles. The number of hydrogen-bond acceptors (Lipinski definition) is 6. The zero-order chi connectivity index (χ0) is 16.4. The highest BCUT2D eigenvalue weighted by Gasteiger charge is 2.39. The van der Waals surface area contributed by atoms with E-state index in [-0.39, 0.29) is 18.0 Å². The average molecular weight is 330 g/mol. The predicted molar refractivity (Wildman–Crippen MR) is 83.3 cm³/mol. The molecular weight excluding hydrogens is 304 g/mol. The number of ketones is 1. The smallest absolute Gasteiger partial charge is 0.489 e. The van der Waals surface area contributed by atoms with Crippen LogP contribution in [0.2, 0.25) is 6.04 Å². The summed E-state index contributed by atoms with van der Waals surface area (Å²) in [5, 5.41) is 0. The van der Waals surface area contributed by atoms with Gasteiger partial charge in [-0.25, -0.2) is 0 Å². The number of carbonyl (C=O) groups is 2. The minimum absolute atomic E-state index is 0.149. The van der Waals surface area contributed by atoms with Crippen molar-refractivity contribution >= 4 is 20.9 Å². The van der Waals surface area contributed by atoms with Crippen LogP contribution in [0.4, 0.5) is 0 Å². The van der Waals surface area contributed by atoms with Crippen molar-refractivity contribution in [3.8, 4) is 0 Å². The quantitative estimate of drug-likeness (QED) is 0.310. The summed E-state index contributed by atoms with van der Waals surface area (Å²) in [6, 6.07) is 0.740. The normalized spacial score (nSPS) is 18.0. The van der Waals surface area contributed by atoms with Gasteiger partial charge in [0.05, 0.1) is 6.61 Å². The van der Waals surface area contributed by atoms with Gasteiger partial charge in [-0.1, -0.05) is 0 Å². The maximum Gasteiger partial charge on any atom is 0.500 e. The maximum absolute atomic E-state index is 11.2. The van der Waals surface area contributed by atoms with E-state index >= 15 is 0 Å². The summed E-state index contributed by atoms with van der Waals surface area (Å²) in [6.07, 6.45) is 3.73. The second-order valence-electron chi connectivity index (χ2n) is 4.96. The van der Waals surface area contributed by atoms with Gasteiger partial charge in [-0.3, -0.25) is 9.59 Å². The molecule has 1 aliphatic rings. The molecule has 0 N–H and O–H groups in total. The zero-order valence-electron chi connectivity index (χ0n) is 13.6. The molecule has 0 aromatic heterocycles. The molecule has 0 aromatic rings. The highest BCUT2D eigenvalue weighted by molar-refractivity contribution is 6.60. The number of carbonyl (C=O) groups excluding carboxylic acids is 2. The third-order valence-corrected chi connectivity index (χ3v) is 6.49. The van der Waals surface area contributed by atoms with Gasteiger partial charge >= 0.3 is 8.80 Å². The molecule has 0 spiro atoms. The lowest BCUT2D eigenvalue weighted by Crippen LogP contribution is -2.45. The molecule has 0 saturated heterocycles. The van der Waals surface area contributed by atoms with Crippen LogP contribution in [-0.4, -0.2) is 47.3 Å². The molecule has 7 heteroatoms. The van der Waals surface area contributed by atoms with Crippen LogP contribution in [0, 0.1) is 5.92 Å². The SMILES string of the molecule is CCO[Si](CCCC1C=C(C(=O)C=O)OC1)(OCC)OCC. The molecule has 0 radical (unpaired) electrons. The van der Waals surface area contributed by atoms with Gasteiger partial charge in [0, 0.05) is 31.8 Å². The molecule has 0 fully saturated rings. The summed E-state index contributed by atoms with van der Waals surface area (Å²) in [5.74, 6) is -0.275. The molecular formula is C15H26O6Si. The number of Topliss-reactive ketones (excluding diaryl/α,β-unsaturated/α-hetero) is 1. The lowest BCUT2D eigenvalue weighted by atomic mass is 10.1. The summed E-state index contributed by atoms with van der Waals surface area (Å²) in [4.78, 5) is 21.7. The van der Waals surface area contributed by atoms with E-state index in [0.717, 1.165) is 18.9 Å². The van der Waals surface area contributed by atoms with E-state index in [1.54, 1.807) is 6.08 Å². The fourth-order valence-corrected chi connectivity index (χ4v) is 5.11. The Labute approximate surface area is 133 Å². The van der Waals surface area contributed by atoms with Gasteiger partial charge < -0.3 is 18.0 Å². The van der Waals surface area contributed by atoms with E-state index in [0.29, 0.717) is 26.4 Å². The maximum atomic E-state index is 11.2. The lowest BCUT2D eigenvalue weighted by Gasteiger charge is -2.28. The lowest BCUT2D eigenvalue weighted by molar-refractivity contribution is -0.129. The molecule has 1 atom stereocenters. The minimum Gasteiger partial charge on any atom is -0.489 e. The fraction of sp³-hybridized carbons (Fsp3) is 0.733. The van der Waals surface area contributed by atoms with Gasteiger partial charge in [0.15, 0.2) is 12.0 Å². The molecule has 0 saturated carbocycles. The highest BCUT2D eigenvalue weighted by atomic mass is 28.4. The summed E-state index contributed by atoms with van der Waals surface area (Å²) in [7, 11) is -2.60. The van der Waals surface area contributed by atoms with E-state index in [1.165, 1.54) is 0 Å². The third-order valence-electron chi connectivity index (χ3n) is 3.34. The monoisotopic (exact) mass is 330 g/mol. The summed E-state index contributed by atoms with van der Waals surface area (Å²) >= 11 is 0. The molecule has 1 aliphatic heterocycles. The second-order valence-corrected chi connectivity index (χ2v) is 7.69. The molecule has 1 unspecified atom stereocenters. The number of aldehydes is 1. The van der Waals surface area contributed by atoms with Crippen molar-refractivity contribution in [1.82, 2.24) is 0 Å². The van der Waals surface area contributed by atoms with E-state index in [2.05, 4.69) is 0 Å². The van der Waals surface area contributed by atoms with Crippen LogP contribution in [0.15, 0.2) is 11.8 Å². The van der Waals surface area contributed by atoms with E-state index < -0.39 is 14.6 Å². The topological polar surface area (TPSA) is 71.1 Å². The van der Waals surface area contributed by atoms with Crippen LogP contribution in [-0.2, 0) is 27.6 Å². The standard InChI is InChI=1S/C15H26O6Si/c1-4-19-22(20-5-2,21-6-3)9-7-8-13-10-15(18-12-13)14(17)11-16/h10-11,13H,4-9,12H2,1-3H3. The molecule has 1 rings (SSSR count). The number of ether oxygens (including phenoxy) is 1. The summed E-state index contributed by atoms with van der Waals surface area (Å²) in [5.41, 5.74) is 0. The van der Waals surface area contributed by atoms with Crippen molar-refractivity contribution in [3.63, 3.8) is 0 Å². The molecule has 126 valence electrons. The van der Waals surface area contributed by atoms with E-state index in [9.17, 15) is 9.59 Å². The Kier molecular flexibility index (Phi) is 8.55.